The third-order valence-corrected chi connectivity index (χ3v) is 3.64. The lowest BCUT2D eigenvalue weighted by Crippen LogP contribution is -2.04. The van der Waals surface area contributed by atoms with Crippen LogP contribution in [-0.2, 0) is 6.61 Å². The Bertz CT molecular complexity index is 724. The van der Waals surface area contributed by atoms with E-state index in [0.717, 1.165) is 29.2 Å². The lowest BCUT2D eigenvalue weighted by molar-refractivity contribution is 0.247. The number of rotatable bonds is 9. The molecule has 0 saturated heterocycles. The molecule has 0 aliphatic rings. The van der Waals surface area contributed by atoms with E-state index < -0.39 is 0 Å². The van der Waals surface area contributed by atoms with Crippen LogP contribution in [0, 0.1) is 0 Å². The first-order valence-electron chi connectivity index (χ1n) is 8.47. The van der Waals surface area contributed by atoms with E-state index in [9.17, 15) is 0 Å². The van der Waals surface area contributed by atoms with Crippen LogP contribution in [-0.4, -0.2) is 13.2 Å². The fourth-order valence-electron chi connectivity index (χ4n) is 2.33. The monoisotopic (exact) mass is 334 g/mol. The second kappa shape index (κ2) is 9.38. The molecule has 3 rings (SSSR count). The van der Waals surface area contributed by atoms with E-state index in [-0.39, 0.29) is 0 Å². The Labute approximate surface area is 148 Å². The molecule has 3 aromatic rings. The van der Waals surface area contributed by atoms with Gasteiger partial charge in [-0.05, 0) is 42.0 Å². The molecule has 128 valence electrons. The Morgan fingerprint density at radius 3 is 1.56 bits per heavy atom. The van der Waals surface area contributed by atoms with Crippen LogP contribution in [0.4, 0.5) is 0 Å². The Hall–Kier alpha value is -2.94. The van der Waals surface area contributed by atoms with Gasteiger partial charge in [0.05, 0.1) is 13.2 Å². The highest BCUT2D eigenvalue weighted by molar-refractivity contribution is 5.31. The van der Waals surface area contributed by atoms with E-state index >= 15 is 0 Å². The third-order valence-electron chi connectivity index (χ3n) is 3.64. The summed E-state index contributed by atoms with van der Waals surface area (Å²) in [4.78, 5) is 0. The van der Waals surface area contributed by atoms with Crippen molar-refractivity contribution in [2.24, 2.45) is 0 Å². The predicted octanol–water partition coefficient (Wildman–Crippen LogP) is 5.11. The molecule has 0 amide bonds. The van der Waals surface area contributed by atoms with E-state index in [1.807, 2.05) is 72.8 Å². The molecule has 3 heteroatoms. The van der Waals surface area contributed by atoms with Gasteiger partial charge in [-0.3, -0.25) is 0 Å². The highest BCUT2D eigenvalue weighted by Crippen LogP contribution is 2.19. The van der Waals surface area contributed by atoms with Crippen LogP contribution >= 0.6 is 0 Å². The minimum atomic E-state index is 0.567. The van der Waals surface area contributed by atoms with Crippen molar-refractivity contribution in [2.45, 2.75) is 13.0 Å². The van der Waals surface area contributed by atoms with Gasteiger partial charge in [0.1, 0.15) is 23.9 Å². The first-order valence-corrected chi connectivity index (χ1v) is 8.47. The molecule has 0 aliphatic carbocycles. The maximum Gasteiger partial charge on any atom is 0.120 e. The summed E-state index contributed by atoms with van der Waals surface area (Å²) in [5.74, 6) is 2.57. The average molecular weight is 334 g/mol. The van der Waals surface area contributed by atoms with Gasteiger partial charge in [0.25, 0.3) is 0 Å². The van der Waals surface area contributed by atoms with Crippen molar-refractivity contribution >= 4 is 0 Å². The van der Waals surface area contributed by atoms with Crippen LogP contribution in [0.2, 0.25) is 0 Å². The van der Waals surface area contributed by atoms with Gasteiger partial charge in [-0.1, -0.05) is 48.5 Å². The Kier molecular flexibility index (Phi) is 6.34. The highest BCUT2D eigenvalue weighted by Gasteiger charge is 1.98. The zero-order valence-electron chi connectivity index (χ0n) is 14.1. The Balaban J connectivity index is 1.35. The lowest BCUT2D eigenvalue weighted by atomic mass is 10.2. The van der Waals surface area contributed by atoms with Crippen LogP contribution in [0.5, 0.6) is 17.2 Å². The molecule has 0 fully saturated rings. The number of hydrogen-bond donors (Lipinski definition) is 0. The predicted molar refractivity (Wildman–Crippen MR) is 99.3 cm³/mol. The summed E-state index contributed by atoms with van der Waals surface area (Å²) >= 11 is 0. The second-order valence-corrected chi connectivity index (χ2v) is 5.61. The van der Waals surface area contributed by atoms with Crippen molar-refractivity contribution in [3.63, 3.8) is 0 Å². The molecule has 0 heterocycles. The van der Waals surface area contributed by atoms with E-state index in [1.165, 1.54) is 0 Å². The van der Waals surface area contributed by atoms with Crippen molar-refractivity contribution in [3.05, 3.63) is 90.5 Å². The van der Waals surface area contributed by atoms with Gasteiger partial charge >= 0.3 is 0 Å². The lowest BCUT2D eigenvalue weighted by Gasteiger charge is -2.09. The first-order chi connectivity index (χ1) is 12.4. The fourth-order valence-corrected chi connectivity index (χ4v) is 2.33. The van der Waals surface area contributed by atoms with E-state index in [0.29, 0.717) is 19.8 Å². The van der Waals surface area contributed by atoms with Crippen LogP contribution in [0.1, 0.15) is 12.0 Å². The topological polar surface area (TPSA) is 27.7 Å². The summed E-state index contributed by atoms with van der Waals surface area (Å²) in [5, 5.41) is 0. The summed E-state index contributed by atoms with van der Waals surface area (Å²) in [6, 6.07) is 27.7. The zero-order chi connectivity index (χ0) is 17.2. The van der Waals surface area contributed by atoms with E-state index in [4.69, 9.17) is 14.2 Å². The van der Waals surface area contributed by atoms with Crippen molar-refractivity contribution in [3.8, 4) is 17.2 Å². The number of ether oxygens (including phenoxy) is 3. The standard InChI is InChI=1S/C22H22O3/c1-3-8-19(9-4-1)18-25-22-14-12-21(13-15-22)24-17-7-16-23-20-10-5-2-6-11-20/h1-6,8-15H,7,16-18H2. The van der Waals surface area contributed by atoms with Crippen LogP contribution in [0.3, 0.4) is 0 Å². The van der Waals surface area contributed by atoms with Gasteiger partial charge < -0.3 is 14.2 Å². The molecule has 0 radical (unpaired) electrons. The summed E-state index contributed by atoms with van der Waals surface area (Å²) in [6.45, 7) is 1.83. The molecule has 0 saturated carbocycles. The molecule has 0 aliphatic heterocycles. The molecule has 0 aromatic heterocycles. The van der Waals surface area contributed by atoms with Gasteiger partial charge in [-0.25, -0.2) is 0 Å². The quantitative estimate of drug-likeness (QED) is 0.509. The minimum Gasteiger partial charge on any atom is -0.493 e. The summed E-state index contributed by atoms with van der Waals surface area (Å²) in [5.41, 5.74) is 1.15. The number of benzene rings is 3. The zero-order valence-corrected chi connectivity index (χ0v) is 14.1. The number of hydrogen-bond acceptors (Lipinski definition) is 3. The molecule has 25 heavy (non-hydrogen) atoms. The average Bonchev–Trinajstić information content (AvgIpc) is 2.69. The molecular weight excluding hydrogens is 312 g/mol. The highest BCUT2D eigenvalue weighted by atomic mass is 16.5. The van der Waals surface area contributed by atoms with Crippen molar-refractivity contribution in [1.29, 1.82) is 0 Å². The van der Waals surface area contributed by atoms with E-state index in [1.54, 1.807) is 0 Å². The molecule has 0 unspecified atom stereocenters. The van der Waals surface area contributed by atoms with Gasteiger partial charge in [-0.15, -0.1) is 0 Å². The fraction of sp³-hybridized carbons (Fsp3) is 0.182. The molecule has 0 spiro atoms. The molecule has 3 aromatic carbocycles. The molecule has 3 nitrogen and oxygen atoms in total. The summed E-state index contributed by atoms with van der Waals surface area (Å²) < 4.78 is 17.1. The second-order valence-electron chi connectivity index (χ2n) is 5.61. The van der Waals surface area contributed by atoms with Gasteiger partial charge in [-0.2, -0.15) is 0 Å². The van der Waals surface area contributed by atoms with Crippen LogP contribution in [0.25, 0.3) is 0 Å². The van der Waals surface area contributed by atoms with Crippen LogP contribution in [0.15, 0.2) is 84.9 Å². The van der Waals surface area contributed by atoms with Gasteiger partial charge in [0, 0.05) is 6.42 Å². The largest absolute Gasteiger partial charge is 0.493 e. The molecule has 0 N–H and O–H groups in total. The third kappa shape index (κ3) is 5.88. The minimum absolute atomic E-state index is 0.567. The molecule has 0 bridgehead atoms. The maximum absolute atomic E-state index is 5.76. The van der Waals surface area contributed by atoms with Gasteiger partial charge in [0.2, 0.25) is 0 Å². The van der Waals surface area contributed by atoms with Crippen molar-refractivity contribution in [2.75, 3.05) is 13.2 Å². The molecule has 0 atom stereocenters. The van der Waals surface area contributed by atoms with E-state index in [2.05, 4.69) is 12.1 Å². The van der Waals surface area contributed by atoms with Gasteiger partial charge in [0.15, 0.2) is 0 Å². The van der Waals surface area contributed by atoms with Crippen molar-refractivity contribution in [1.82, 2.24) is 0 Å². The smallest absolute Gasteiger partial charge is 0.120 e. The summed E-state index contributed by atoms with van der Waals surface area (Å²) in [6.07, 6.45) is 0.834. The maximum atomic E-state index is 5.76. The van der Waals surface area contributed by atoms with Crippen molar-refractivity contribution < 1.29 is 14.2 Å². The normalized spacial score (nSPS) is 10.2. The van der Waals surface area contributed by atoms with Crippen LogP contribution < -0.4 is 14.2 Å². The Morgan fingerprint density at radius 1 is 0.480 bits per heavy atom. The SMILES string of the molecule is c1ccc(COc2ccc(OCCCOc3ccccc3)cc2)cc1. The number of para-hydroxylation sites is 1. The summed E-state index contributed by atoms with van der Waals surface area (Å²) in [7, 11) is 0. The first kappa shape index (κ1) is 16.9. The molecular formula is C22H22O3. The Morgan fingerprint density at radius 2 is 0.960 bits per heavy atom.